The van der Waals surface area contributed by atoms with Crippen LogP contribution in [0.25, 0.3) is 0 Å². The first-order valence-corrected chi connectivity index (χ1v) is 6.73. The largest absolute Gasteiger partial charge is 0.359 e. The summed E-state index contributed by atoms with van der Waals surface area (Å²) in [7, 11) is 0. The van der Waals surface area contributed by atoms with E-state index in [0.29, 0.717) is 18.8 Å². The van der Waals surface area contributed by atoms with Gasteiger partial charge in [-0.2, -0.15) is 0 Å². The number of rotatable bonds is 6. The number of hydrogen-bond donors (Lipinski definition) is 2. The van der Waals surface area contributed by atoms with Gasteiger partial charge in [0, 0.05) is 18.3 Å². The molecule has 1 amide bonds. The second-order valence-corrected chi connectivity index (χ2v) is 4.73. The Morgan fingerprint density at radius 3 is 2.90 bits per heavy atom. The molecule has 0 saturated carbocycles. The van der Waals surface area contributed by atoms with Crippen LogP contribution in [0, 0.1) is 6.92 Å². The molecule has 3 N–H and O–H groups in total. The highest BCUT2D eigenvalue weighted by Crippen LogP contribution is 2.10. The Hall–Kier alpha value is -2.25. The number of nitrogens with two attached hydrogens (primary N) is 1. The zero-order chi connectivity index (χ0) is 15.2. The molecule has 21 heavy (non-hydrogen) atoms. The molecule has 0 saturated heterocycles. The van der Waals surface area contributed by atoms with Crippen molar-refractivity contribution in [3.8, 4) is 0 Å². The van der Waals surface area contributed by atoms with E-state index in [0.717, 1.165) is 17.9 Å². The van der Waals surface area contributed by atoms with Crippen LogP contribution in [-0.2, 0) is 13.1 Å². The van der Waals surface area contributed by atoms with Gasteiger partial charge < -0.3 is 4.52 Å². The zero-order valence-corrected chi connectivity index (χ0v) is 12.2. The maximum atomic E-state index is 11.3. The van der Waals surface area contributed by atoms with Gasteiger partial charge in [-0.05, 0) is 25.6 Å². The van der Waals surface area contributed by atoms with Crippen LogP contribution in [0.15, 0.2) is 28.8 Å². The molecular formula is C14H19N5O2. The first kappa shape index (κ1) is 15.1. The van der Waals surface area contributed by atoms with E-state index in [2.05, 4.69) is 22.0 Å². The number of nitrogens with zero attached hydrogens (tertiary/aromatic N) is 3. The maximum absolute atomic E-state index is 11.3. The molecule has 7 nitrogen and oxygen atoms in total. The molecule has 2 aromatic heterocycles. The van der Waals surface area contributed by atoms with Gasteiger partial charge >= 0.3 is 0 Å². The fourth-order valence-corrected chi connectivity index (χ4v) is 1.99. The van der Waals surface area contributed by atoms with E-state index >= 15 is 0 Å². The van der Waals surface area contributed by atoms with E-state index in [4.69, 9.17) is 10.4 Å². The number of nitrogens with one attached hydrogen (secondary N) is 1. The predicted octanol–water partition coefficient (Wildman–Crippen LogP) is 1.00. The zero-order valence-electron chi connectivity index (χ0n) is 12.2. The van der Waals surface area contributed by atoms with E-state index in [9.17, 15) is 4.79 Å². The van der Waals surface area contributed by atoms with E-state index < -0.39 is 5.91 Å². The summed E-state index contributed by atoms with van der Waals surface area (Å²) >= 11 is 0. The van der Waals surface area contributed by atoms with Crippen molar-refractivity contribution in [2.75, 3.05) is 6.54 Å². The molecule has 0 spiro atoms. The Balaban J connectivity index is 2.02. The Morgan fingerprint density at radius 2 is 2.24 bits per heavy atom. The molecule has 112 valence electrons. The SMILES string of the molecule is CCN(Cc1cccc(C)n1)Cc1cc(C(=O)NN)no1. The summed E-state index contributed by atoms with van der Waals surface area (Å²) in [5.41, 5.74) is 4.19. The number of aromatic nitrogens is 2. The highest BCUT2D eigenvalue weighted by atomic mass is 16.5. The standard InChI is InChI=1S/C14H19N5O2/c1-3-19(8-11-6-4-5-10(2)16-11)9-12-7-13(18-21-12)14(20)17-15/h4-7H,3,8-9,15H2,1-2H3,(H,17,20). The summed E-state index contributed by atoms with van der Waals surface area (Å²) < 4.78 is 5.15. The quantitative estimate of drug-likeness (QED) is 0.468. The summed E-state index contributed by atoms with van der Waals surface area (Å²) in [6, 6.07) is 7.54. The first-order valence-electron chi connectivity index (χ1n) is 6.73. The number of amides is 1. The number of hydrazine groups is 1. The first-order chi connectivity index (χ1) is 10.1. The van der Waals surface area contributed by atoms with Crippen molar-refractivity contribution in [2.24, 2.45) is 5.84 Å². The van der Waals surface area contributed by atoms with Crippen LogP contribution < -0.4 is 11.3 Å². The number of hydrogen-bond acceptors (Lipinski definition) is 6. The van der Waals surface area contributed by atoms with Gasteiger partial charge in [-0.15, -0.1) is 0 Å². The van der Waals surface area contributed by atoms with Crippen LogP contribution in [0.5, 0.6) is 0 Å². The number of aryl methyl sites for hydroxylation is 1. The fraction of sp³-hybridized carbons (Fsp3) is 0.357. The van der Waals surface area contributed by atoms with Crippen LogP contribution in [-0.4, -0.2) is 27.5 Å². The number of carbonyl (C=O) groups is 1. The topological polar surface area (TPSA) is 97.3 Å². The molecule has 0 aromatic carbocycles. The van der Waals surface area contributed by atoms with Crippen LogP contribution >= 0.6 is 0 Å². The molecule has 0 aliphatic heterocycles. The molecule has 2 rings (SSSR count). The average Bonchev–Trinajstić information content (AvgIpc) is 2.94. The second-order valence-electron chi connectivity index (χ2n) is 4.73. The number of nitrogen functional groups attached to an aromatic ring is 1. The molecule has 0 aliphatic rings. The van der Waals surface area contributed by atoms with Gasteiger partial charge in [0.25, 0.3) is 5.91 Å². The van der Waals surface area contributed by atoms with E-state index in [1.807, 2.05) is 30.5 Å². The van der Waals surface area contributed by atoms with Crippen LogP contribution in [0.4, 0.5) is 0 Å². The van der Waals surface area contributed by atoms with Crippen molar-refractivity contribution in [3.63, 3.8) is 0 Å². The maximum Gasteiger partial charge on any atom is 0.287 e. The predicted molar refractivity (Wildman–Crippen MR) is 76.9 cm³/mol. The molecule has 0 atom stereocenters. The number of pyridine rings is 1. The summed E-state index contributed by atoms with van der Waals surface area (Å²) in [5, 5.41) is 3.69. The highest BCUT2D eigenvalue weighted by Gasteiger charge is 2.14. The highest BCUT2D eigenvalue weighted by molar-refractivity contribution is 5.91. The fourth-order valence-electron chi connectivity index (χ4n) is 1.99. The van der Waals surface area contributed by atoms with Gasteiger partial charge in [0.15, 0.2) is 11.5 Å². The van der Waals surface area contributed by atoms with Gasteiger partial charge in [0.2, 0.25) is 0 Å². The molecule has 7 heteroatoms. The smallest absolute Gasteiger partial charge is 0.287 e. The lowest BCUT2D eigenvalue weighted by atomic mass is 10.2. The minimum atomic E-state index is -0.464. The molecule has 0 bridgehead atoms. The van der Waals surface area contributed by atoms with Crippen molar-refractivity contribution in [1.82, 2.24) is 20.5 Å². The van der Waals surface area contributed by atoms with E-state index in [1.165, 1.54) is 0 Å². The molecule has 2 aromatic rings. The van der Waals surface area contributed by atoms with Crippen molar-refractivity contribution in [1.29, 1.82) is 0 Å². The molecule has 0 fully saturated rings. The Bertz CT molecular complexity index is 611. The van der Waals surface area contributed by atoms with Crippen molar-refractivity contribution < 1.29 is 9.32 Å². The Morgan fingerprint density at radius 1 is 1.43 bits per heavy atom. The van der Waals surface area contributed by atoms with E-state index in [1.54, 1.807) is 6.07 Å². The normalized spacial score (nSPS) is 10.9. The monoisotopic (exact) mass is 289 g/mol. The van der Waals surface area contributed by atoms with Gasteiger partial charge in [0.1, 0.15) is 0 Å². The molecule has 2 heterocycles. The van der Waals surface area contributed by atoms with Gasteiger partial charge in [-0.3, -0.25) is 20.1 Å². The molecule has 0 radical (unpaired) electrons. The third-order valence-corrected chi connectivity index (χ3v) is 3.08. The second kappa shape index (κ2) is 6.96. The molecular weight excluding hydrogens is 270 g/mol. The minimum absolute atomic E-state index is 0.178. The lowest BCUT2D eigenvalue weighted by Gasteiger charge is -2.18. The summed E-state index contributed by atoms with van der Waals surface area (Å²) in [6.07, 6.45) is 0. The third kappa shape index (κ3) is 4.11. The Labute approximate surface area is 123 Å². The average molecular weight is 289 g/mol. The summed E-state index contributed by atoms with van der Waals surface area (Å²) in [5.74, 6) is 5.21. The summed E-state index contributed by atoms with van der Waals surface area (Å²) in [4.78, 5) is 18.0. The molecule has 0 unspecified atom stereocenters. The minimum Gasteiger partial charge on any atom is -0.359 e. The van der Waals surface area contributed by atoms with Crippen LogP contribution in [0.1, 0.15) is 34.6 Å². The third-order valence-electron chi connectivity index (χ3n) is 3.08. The lowest BCUT2D eigenvalue weighted by Crippen LogP contribution is -2.30. The van der Waals surface area contributed by atoms with Crippen LogP contribution in [0.3, 0.4) is 0 Å². The van der Waals surface area contributed by atoms with E-state index in [-0.39, 0.29) is 5.69 Å². The van der Waals surface area contributed by atoms with Gasteiger partial charge in [-0.25, -0.2) is 5.84 Å². The Kier molecular flexibility index (Phi) is 5.02. The lowest BCUT2D eigenvalue weighted by molar-refractivity contribution is 0.0944. The van der Waals surface area contributed by atoms with Gasteiger partial charge in [-0.1, -0.05) is 18.1 Å². The van der Waals surface area contributed by atoms with Crippen molar-refractivity contribution in [3.05, 3.63) is 47.1 Å². The number of carbonyl (C=O) groups excluding carboxylic acids is 1. The van der Waals surface area contributed by atoms with Crippen LogP contribution in [0.2, 0.25) is 0 Å². The molecule has 0 aliphatic carbocycles. The van der Waals surface area contributed by atoms with Crippen molar-refractivity contribution >= 4 is 5.91 Å². The van der Waals surface area contributed by atoms with Gasteiger partial charge in [0.05, 0.1) is 12.2 Å². The summed E-state index contributed by atoms with van der Waals surface area (Å²) in [6.45, 7) is 6.11. The van der Waals surface area contributed by atoms with Crippen molar-refractivity contribution in [2.45, 2.75) is 26.9 Å².